The van der Waals surface area contributed by atoms with Gasteiger partial charge in [0.15, 0.2) is 0 Å². The molecule has 0 spiro atoms. The molecule has 0 heterocycles. The third kappa shape index (κ3) is 10.1. The average molecular weight is 413 g/mol. The van der Waals surface area contributed by atoms with E-state index in [9.17, 15) is 19.5 Å². The van der Waals surface area contributed by atoms with Crippen molar-refractivity contribution in [3.05, 3.63) is 0 Å². The molecule has 1 rings (SSSR count). The smallest absolute Gasteiger partial charge is 0.309 e. The number of carboxylic acids is 1. The summed E-state index contributed by atoms with van der Waals surface area (Å²) in [5.74, 6) is -2.46. The minimum atomic E-state index is -0.916. The highest BCUT2D eigenvalue weighted by Gasteiger charge is 2.43. The van der Waals surface area contributed by atoms with Gasteiger partial charge in [0.05, 0.1) is 31.0 Å². The van der Waals surface area contributed by atoms with Crippen molar-refractivity contribution in [1.82, 2.24) is 0 Å². The van der Waals surface area contributed by atoms with E-state index in [1.807, 2.05) is 0 Å². The molecule has 0 aromatic carbocycles. The maximum Gasteiger partial charge on any atom is 0.309 e. The van der Waals surface area contributed by atoms with E-state index in [2.05, 4.69) is 27.7 Å². The Morgan fingerprint density at radius 2 is 1.28 bits per heavy atom. The molecule has 6 nitrogen and oxygen atoms in total. The van der Waals surface area contributed by atoms with Gasteiger partial charge in [-0.1, -0.05) is 40.5 Å². The first kappa shape index (κ1) is 25.4. The lowest BCUT2D eigenvalue weighted by Crippen LogP contribution is -2.39. The molecule has 1 aliphatic carbocycles. The van der Waals surface area contributed by atoms with Crippen molar-refractivity contribution in [2.24, 2.45) is 29.6 Å². The van der Waals surface area contributed by atoms with Crippen LogP contribution in [0.5, 0.6) is 0 Å². The Balaban J connectivity index is 2.55. The van der Waals surface area contributed by atoms with Gasteiger partial charge in [-0.2, -0.15) is 0 Å². The fourth-order valence-electron chi connectivity index (χ4n) is 3.81. The molecular weight excluding hydrogens is 372 g/mol. The SMILES string of the molecule is CC(C)CCCCOC(=O)C1CCC(C(=O)O)CC1C(=O)OCCCCC(C)C. The highest BCUT2D eigenvalue weighted by molar-refractivity contribution is 5.83. The van der Waals surface area contributed by atoms with Crippen molar-refractivity contribution in [3.63, 3.8) is 0 Å². The minimum absolute atomic E-state index is 0.146. The topological polar surface area (TPSA) is 89.9 Å². The third-order valence-electron chi connectivity index (χ3n) is 5.65. The van der Waals surface area contributed by atoms with Crippen molar-refractivity contribution in [2.75, 3.05) is 13.2 Å². The highest BCUT2D eigenvalue weighted by Crippen LogP contribution is 2.36. The van der Waals surface area contributed by atoms with Crippen LogP contribution in [-0.4, -0.2) is 36.2 Å². The number of hydrogen-bond acceptors (Lipinski definition) is 5. The average Bonchev–Trinajstić information content (AvgIpc) is 2.66. The largest absolute Gasteiger partial charge is 0.481 e. The summed E-state index contributed by atoms with van der Waals surface area (Å²) in [5, 5.41) is 9.34. The van der Waals surface area contributed by atoms with E-state index in [1.54, 1.807) is 0 Å². The predicted molar refractivity (Wildman–Crippen MR) is 111 cm³/mol. The summed E-state index contributed by atoms with van der Waals surface area (Å²) >= 11 is 0. The molecule has 0 aromatic rings. The summed E-state index contributed by atoms with van der Waals surface area (Å²) in [7, 11) is 0. The van der Waals surface area contributed by atoms with Crippen LogP contribution in [0.25, 0.3) is 0 Å². The summed E-state index contributed by atoms with van der Waals surface area (Å²) in [6.07, 6.45) is 6.63. The van der Waals surface area contributed by atoms with Crippen LogP contribution in [-0.2, 0) is 23.9 Å². The molecule has 0 bridgehead atoms. The van der Waals surface area contributed by atoms with E-state index >= 15 is 0 Å². The first-order chi connectivity index (χ1) is 13.7. The molecule has 1 saturated carbocycles. The van der Waals surface area contributed by atoms with Crippen molar-refractivity contribution >= 4 is 17.9 Å². The molecule has 0 aliphatic heterocycles. The van der Waals surface area contributed by atoms with Gasteiger partial charge in [0.1, 0.15) is 0 Å². The summed E-state index contributed by atoms with van der Waals surface area (Å²) in [6, 6.07) is 0. The van der Waals surface area contributed by atoms with Crippen LogP contribution in [0.4, 0.5) is 0 Å². The molecule has 3 unspecified atom stereocenters. The predicted octanol–water partition coefficient (Wildman–Crippen LogP) is 4.84. The van der Waals surface area contributed by atoms with Crippen molar-refractivity contribution in [3.8, 4) is 0 Å². The fourth-order valence-corrected chi connectivity index (χ4v) is 3.81. The highest BCUT2D eigenvalue weighted by atomic mass is 16.5. The first-order valence-electron chi connectivity index (χ1n) is 11.3. The summed E-state index contributed by atoms with van der Waals surface area (Å²) in [4.78, 5) is 36.6. The maximum atomic E-state index is 12.6. The monoisotopic (exact) mass is 412 g/mol. The summed E-state index contributed by atoms with van der Waals surface area (Å²) in [6.45, 7) is 9.29. The van der Waals surface area contributed by atoms with Gasteiger partial charge in [0.25, 0.3) is 0 Å². The molecule has 1 N–H and O–H groups in total. The second-order valence-corrected chi connectivity index (χ2v) is 9.18. The van der Waals surface area contributed by atoms with Crippen molar-refractivity contribution < 1.29 is 29.0 Å². The zero-order valence-corrected chi connectivity index (χ0v) is 18.7. The molecule has 1 aliphatic rings. The van der Waals surface area contributed by atoms with Crippen LogP contribution in [0.1, 0.15) is 85.5 Å². The van der Waals surface area contributed by atoms with Gasteiger partial charge in [0.2, 0.25) is 0 Å². The number of hydrogen-bond donors (Lipinski definition) is 1. The van der Waals surface area contributed by atoms with E-state index in [0.717, 1.165) is 38.5 Å². The number of rotatable bonds is 13. The van der Waals surface area contributed by atoms with E-state index < -0.39 is 29.7 Å². The molecular formula is C23H40O6. The van der Waals surface area contributed by atoms with Gasteiger partial charge in [-0.25, -0.2) is 0 Å². The summed E-state index contributed by atoms with van der Waals surface area (Å²) < 4.78 is 10.8. The van der Waals surface area contributed by atoms with Gasteiger partial charge in [0, 0.05) is 0 Å². The van der Waals surface area contributed by atoms with Crippen LogP contribution < -0.4 is 0 Å². The van der Waals surface area contributed by atoms with Crippen LogP contribution in [0.2, 0.25) is 0 Å². The number of aliphatic carboxylic acids is 1. The molecule has 0 saturated heterocycles. The quantitative estimate of drug-likeness (QED) is 0.344. The third-order valence-corrected chi connectivity index (χ3v) is 5.65. The fraction of sp³-hybridized carbons (Fsp3) is 0.870. The van der Waals surface area contributed by atoms with Crippen LogP contribution >= 0.6 is 0 Å². The molecule has 3 atom stereocenters. The minimum Gasteiger partial charge on any atom is -0.481 e. The molecule has 0 radical (unpaired) electrons. The molecule has 168 valence electrons. The number of ether oxygens (including phenoxy) is 2. The molecule has 0 amide bonds. The Morgan fingerprint density at radius 1 is 0.793 bits per heavy atom. The Kier molecular flexibility index (Phi) is 11.9. The molecule has 1 fully saturated rings. The van der Waals surface area contributed by atoms with Gasteiger partial charge >= 0.3 is 17.9 Å². The zero-order chi connectivity index (χ0) is 21.8. The Bertz CT molecular complexity index is 513. The number of esters is 2. The Morgan fingerprint density at radius 3 is 1.72 bits per heavy atom. The van der Waals surface area contributed by atoms with Gasteiger partial charge < -0.3 is 14.6 Å². The maximum absolute atomic E-state index is 12.6. The Labute approximate surface area is 175 Å². The van der Waals surface area contributed by atoms with E-state index in [1.165, 1.54) is 0 Å². The Hall–Kier alpha value is -1.59. The lowest BCUT2D eigenvalue weighted by Gasteiger charge is -2.31. The number of carboxylic acid groups (broad SMARTS) is 1. The number of unbranched alkanes of at least 4 members (excludes halogenated alkanes) is 2. The first-order valence-corrected chi connectivity index (χ1v) is 11.3. The molecule has 29 heavy (non-hydrogen) atoms. The standard InChI is InChI=1S/C23H40O6/c1-16(2)9-5-7-13-28-22(26)19-12-11-18(21(24)25)15-20(19)23(27)29-14-8-6-10-17(3)4/h16-20H,5-15H2,1-4H3,(H,24,25). The zero-order valence-electron chi connectivity index (χ0n) is 18.7. The lowest BCUT2D eigenvalue weighted by atomic mass is 9.74. The molecule has 0 aromatic heterocycles. The second-order valence-electron chi connectivity index (χ2n) is 9.18. The van der Waals surface area contributed by atoms with Gasteiger partial charge in [-0.3, -0.25) is 14.4 Å². The van der Waals surface area contributed by atoms with Crippen LogP contribution in [0, 0.1) is 29.6 Å². The van der Waals surface area contributed by atoms with Crippen molar-refractivity contribution in [2.45, 2.75) is 85.5 Å². The van der Waals surface area contributed by atoms with Crippen LogP contribution in [0.3, 0.4) is 0 Å². The number of carbonyl (C=O) groups is 3. The normalized spacial score (nSPS) is 21.9. The lowest BCUT2D eigenvalue weighted by molar-refractivity contribution is -0.166. The van der Waals surface area contributed by atoms with Gasteiger partial charge in [-0.05, 0) is 56.8 Å². The van der Waals surface area contributed by atoms with E-state index in [4.69, 9.17) is 9.47 Å². The van der Waals surface area contributed by atoms with Gasteiger partial charge in [-0.15, -0.1) is 0 Å². The second kappa shape index (κ2) is 13.6. The summed E-state index contributed by atoms with van der Waals surface area (Å²) in [5.41, 5.74) is 0. The van der Waals surface area contributed by atoms with Crippen LogP contribution in [0.15, 0.2) is 0 Å². The number of carbonyl (C=O) groups excluding carboxylic acids is 2. The van der Waals surface area contributed by atoms with E-state index in [-0.39, 0.29) is 12.4 Å². The molecule has 6 heteroatoms. The van der Waals surface area contributed by atoms with E-state index in [0.29, 0.717) is 37.9 Å². The van der Waals surface area contributed by atoms with Crippen molar-refractivity contribution in [1.29, 1.82) is 0 Å².